The Morgan fingerprint density at radius 3 is 3.05 bits per heavy atom. The first kappa shape index (κ1) is 13.3. The lowest BCUT2D eigenvalue weighted by Gasteiger charge is -2.06. The highest BCUT2D eigenvalue weighted by Gasteiger charge is 1.98. The lowest BCUT2D eigenvalue weighted by Crippen LogP contribution is -2.07. The van der Waals surface area contributed by atoms with Gasteiger partial charge in [0.2, 0.25) is 11.8 Å². The lowest BCUT2D eigenvalue weighted by atomic mass is 10.3. The summed E-state index contributed by atoms with van der Waals surface area (Å²) in [5.74, 6) is 1.23. The molecular formula is C13H19N5O. The van der Waals surface area contributed by atoms with Crippen molar-refractivity contribution < 1.29 is 4.74 Å². The van der Waals surface area contributed by atoms with E-state index in [0.717, 1.165) is 25.9 Å². The van der Waals surface area contributed by atoms with Crippen molar-refractivity contribution >= 4 is 5.95 Å². The van der Waals surface area contributed by atoms with Crippen molar-refractivity contribution in [1.29, 1.82) is 0 Å². The first-order chi connectivity index (χ1) is 9.38. The minimum Gasteiger partial charge on any atom is -0.478 e. The van der Waals surface area contributed by atoms with Crippen LogP contribution >= 0.6 is 0 Å². The van der Waals surface area contributed by atoms with Crippen LogP contribution in [-0.2, 0) is 6.54 Å². The third-order valence-electron chi connectivity index (χ3n) is 2.61. The van der Waals surface area contributed by atoms with Crippen molar-refractivity contribution in [3.8, 4) is 5.88 Å². The Balaban J connectivity index is 1.66. The second-order valence-corrected chi connectivity index (χ2v) is 4.09. The zero-order chi connectivity index (χ0) is 13.3. The van der Waals surface area contributed by atoms with Crippen molar-refractivity contribution in [2.75, 3.05) is 18.5 Å². The average molecular weight is 261 g/mol. The Hall–Kier alpha value is -2.11. The fourth-order valence-electron chi connectivity index (χ4n) is 1.69. The molecule has 0 amide bonds. The van der Waals surface area contributed by atoms with E-state index in [-0.39, 0.29) is 0 Å². The van der Waals surface area contributed by atoms with E-state index in [4.69, 9.17) is 4.74 Å². The molecule has 1 N–H and O–H groups in total. The summed E-state index contributed by atoms with van der Waals surface area (Å²) in [6, 6.07) is 1.76. The fourth-order valence-corrected chi connectivity index (χ4v) is 1.69. The quantitative estimate of drug-likeness (QED) is 0.736. The van der Waals surface area contributed by atoms with E-state index < -0.39 is 0 Å². The predicted octanol–water partition coefficient (Wildman–Crippen LogP) is 1.96. The van der Waals surface area contributed by atoms with E-state index in [1.165, 1.54) is 0 Å². The van der Waals surface area contributed by atoms with Crippen LogP contribution in [0.15, 0.2) is 31.0 Å². The predicted molar refractivity (Wildman–Crippen MR) is 73.2 cm³/mol. The summed E-state index contributed by atoms with van der Waals surface area (Å²) in [7, 11) is 0. The molecule has 0 saturated carbocycles. The van der Waals surface area contributed by atoms with E-state index in [2.05, 4.69) is 24.8 Å². The standard InChI is InChI=1S/C13H19N5O/c1-2-19-12-5-7-16-13(17-12)15-6-3-4-9-18-10-8-14-11-18/h5,7-8,10-11H,2-4,6,9H2,1H3,(H,15,16,17). The summed E-state index contributed by atoms with van der Waals surface area (Å²) in [6.45, 7) is 4.39. The van der Waals surface area contributed by atoms with Crippen molar-refractivity contribution in [3.63, 3.8) is 0 Å². The highest BCUT2D eigenvalue weighted by atomic mass is 16.5. The van der Waals surface area contributed by atoms with Gasteiger partial charge < -0.3 is 14.6 Å². The molecule has 102 valence electrons. The minimum atomic E-state index is 0.610. The van der Waals surface area contributed by atoms with Gasteiger partial charge >= 0.3 is 0 Å². The van der Waals surface area contributed by atoms with Gasteiger partial charge in [-0.05, 0) is 19.8 Å². The van der Waals surface area contributed by atoms with Crippen LogP contribution in [0.3, 0.4) is 0 Å². The number of hydrogen-bond acceptors (Lipinski definition) is 5. The second-order valence-electron chi connectivity index (χ2n) is 4.09. The van der Waals surface area contributed by atoms with Gasteiger partial charge in [-0.25, -0.2) is 9.97 Å². The van der Waals surface area contributed by atoms with Crippen LogP contribution in [0.4, 0.5) is 5.95 Å². The number of anilines is 1. The molecule has 19 heavy (non-hydrogen) atoms. The van der Waals surface area contributed by atoms with Gasteiger partial charge in [0, 0.05) is 37.7 Å². The Morgan fingerprint density at radius 2 is 2.26 bits per heavy atom. The van der Waals surface area contributed by atoms with Crippen LogP contribution in [0.2, 0.25) is 0 Å². The number of hydrogen-bond donors (Lipinski definition) is 1. The summed E-state index contributed by atoms with van der Waals surface area (Å²) in [5, 5.41) is 3.20. The molecule has 2 aromatic heterocycles. The molecule has 0 unspecified atom stereocenters. The zero-order valence-electron chi connectivity index (χ0n) is 11.1. The molecule has 0 aliphatic rings. The van der Waals surface area contributed by atoms with Gasteiger partial charge in [-0.3, -0.25) is 0 Å². The van der Waals surface area contributed by atoms with E-state index in [9.17, 15) is 0 Å². The van der Waals surface area contributed by atoms with Gasteiger partial charge in [-0.1, -0.05) is 0 Å². The van der Waals surface area contributed by atoms with Crippen molar-refractivity contribution in [2.45, 2.75) is 26.3 Å². The summed E-state index contributed by atoms with van der Waals surface area (Å²) >= 11 is 0. The first-order valence-corrected chi connectivity index (χ1v) is 6.54. The van der Waals surface area contributed by atoms with E-state index in [0.29, 0.717) is 18.4 Å². The molecule has 6 heteroatoms. The Labute approximate surface area is 112 Å². The molecule has 2 rings (SSSR count). The lowest BCUT2D eigenvalue weighted by molar-refractivity contribution is 0.326. The maximum atomic E-state index is 5.32. The van der Waals surface area contributed by atoms with Gasteiger partial charge in [-0.2, -0.15) is 4.98 Å². The van der Waals surface area contributed by atoms with Crippen LogP contribution in [0.5, 0.6) is 5.88 Å². The Morgan fingerprint density at radius 1 is 1.32 bits per heavy atom. The normalized spacial score (nSPS) is 10.4. The molecule has 0 aromatic carbocycles. The molecule has 6 nitrogen and oxygen atoms in total. The SMILES string of the molecule is CCOc1ccnc(NCCCCn2ccnc2)n1. The molecular weight excluding hydrogens is 242 g/mol. The van der Waals surface area contributed by atoms with Crippen LogP contribution < -0.4 is 10.1 Å². The second kappa shape index (κ2) is 7.35. The molecule has 0 bridgehead atoms. The molecule has 0 atom stereocenters. The third-order valence-corrected chi connectivity index (χ3v) is 2.61. The van der Waals surface area contributed by atoms with Gasteiger partial charge in [0.15, 0.2) is 0 Å². The Bertz CT molecular complexity index is 472. The van der Waals surface area contributed by atoms with Crippen molar-refractivity contribution in [1.82, 2.24) is 19.5 Å². The van der Waals surface area contributed by atoms with Crippen LogP contribution in [0, 0.1) is 0 Å². The number of aromatic nitrogens is 4. The molecule has 0 aliphatic carbocycles. The van der Waals surface area contributed by atoms with Gasteiger partial charge in [-0.15, -0.1) is 0 Å². The molecule has 2 aromatic rings. The van der Waals surface area contributed by atoms with E-state index in [1.807, 2.05) is 19.4 Å². The number of aryl methyl sites for hydroxylation is 1. The summed E-state index contributed by atoms with van der Waals surface area (Å²) < 4.78 is 7.40. The van der Waals surface area contributed by atoms with E-state index in [1.54, 1.807) is 18.5 Å². The molecule has 2 heterocycles. The van der Waals surface area contributed by atoms with Crippen LogP contribution in [0.1, 0.15) is 19.8 Å². The molecule has 0 saturated heterocycles. The number of nitrogens with zero attached hydrogens (tertiary/aromatic N) is 4. The topological polar surface area (TPSA) is 64.9 Å². The number of nitrogens with one attached hydrogen (secondary N) is 1. The highest BCUT2D eigenvalue weighted by Crippen LogP contribution is 2.08. The van der Waals surface area contributed by atoms with Crippen LogP contribution in [-0.4, -0.2) is 32.7 Å². The third kappa shape index (κ3) is 4.57. The van der Waals surface area contributed by atoms with E-state index >= 15 is 0 Å². The largest absolute Gasteiger partial charge is 0.478 e. The summed E-state index contributed by atoms with van der Waals surface area (Å²) in [5.41, 5.74) is 0. The maximum absolute atomic E-state index is 5.32. The molecule has 0 aliphatic heterocycles. The summed E-state index contributed by atoms with van der Waals surface area (Å²) in [4.78, 5) is 12.4. The molecule has 0 spiro atoms. The molecule has 0 fully saturated rings. The zero-order valence-corrected chi connectivity index (χ0v) is 11.1. The van der Waals surface area contributed by atoms with Crippen molar-refractivity contribution in [3.05, 3.63) is 31.0 Å². The Kier molecular flexibility index (Phi) is 5.16. The van der Waals surface area contributed by atoms with Gasteiger partial charge in [0.1, 0.15) is 0 Å². The van der Waals surface area contributed by atoms with Crippen LogP contribution in [0.25, 0.3) is 0 Å². The number of rotatable bonds is 8. The monoisotopic (exact) mass is 261 g/mol. The first-order valence-electron chi connectivity index (χ1n) is 6.54. The molecule has 0 radical (unpaired) electrons. The number of imidazole rings is 1. The highest BCUT2D eigenvalue weighted by molar-refractivity contribution is 5.27. The number of ether oxygens (including phenoxy) is 1. The summed E-state index contributed by atoms with van der Waals surface area (Å²) in [6.07, 6.45) is 9.45. The average Bonchev–Trinajstić information content (AvgIpc) is 2.92. The maximum Gasteiger partial charge on any atom is 0.225 e. The van der Waals surface area contributed by atoms with Gasteiger partial charge in [0.25, 0.3) is 0 Å². The van der Waals surface area contributed by atoms with Crippen molar-refractivity contribution in [2.24, 2.45) is 0 Å². The van der Waals surface area contributed by atoms with Gasteiger partial charge in [0.05, 0.1) is 12.9 Å². The minimum absolute atomic E-state index is 0.610. The fraction of sp³-hybridized carbons (Fsp3) is 0.462. The number of unbranched alkanes of at least 4 members (excludes halogenated alkanes) is 1. The smallest absolute Gasteiger partial charge is 0.225 e.